The first-order valence-electron chi connectivity index (χ1n) is 4.99. The average Bonchev–Trinajstić information content (AvgIpc) is 2.29. The van der Waals surface area contributed by atoms with Crippen LogP contribution in [0.15, 0.2) is 18.3 Å². The molecule has 84 valence electrons. The van der Waals surface area contributed by atoms with Gasteiger partial charge in [0.25, 0.3) is 0 Å². The molecule has 1 N–H and O–H groups in total. The van der Waals surface area contributed by atoms with Gasteiger partial charge < -0.3 is 10.1 Å². The molecule has 0 amide bonds. The Bertz CT molecular complexity index is 294. The molecule has 1 aromatic rings. The second-order valence-electron chi connectivity index (χ2n) is 3.35. The van der Waals surface area contributed by atoms with Crippen LogP contribution in [0.3, 0.4) is 0 Å². The van der Waals surface area contributed by atoms with Crippen LogP contribution in [-0.4, -0.2) is 30.1 Å². The molecule has 0 aromatic carbocycles. The third kappa shape index (κ3) is 4.10. The molecule has 0 bridgehead atoms. The molecule has 15 heavy (non-hydrogen) atoms. The first-order valence-corrected chi connectivity index (χ1v) is 6.28. The molecule has 1 heterocycles. The van der Waals surface area contributed by atoms with Crippen LogP contribution in [-0.2, 0) is 6.54 Å². The van der Waals surface area contributed by atoms with Gasteiger partial charge in [-0.3, -0.25) is 0 Å². The van der Waals surface area contributed by atoms with Crippen LogP contribution in [0, 0.1) is 0 Å². The molecule has 0 aliphatic heterocycles. The summed E-state index contributed by atoms with van der Waals surface area (Å²) in [6.07, 6.45) is 3.86. The Morgan fingerprint density at radius 3 is 3.07 bits per heavy atom. The fraction of sp³-hybridized carbons (Fsp3) is 0.545. The van der Waals surface area contributed by atoms with Crippen LogP contribution in [0.25, 0.3) is 0 Å². The van der Waals surface area contributed by atoms with Gasteiger partial charge in [-0.2, -0.15) is 11.8 Å². The van der Waals surface area contributed by atoms with Crippen molar-refractivity contribution in [2.45, 2.75) is 18.7 Å². The number of aromatic nitrogens is 1. The largest absolute Gasteiger partial charge is 0.481 e. The Morgan fingerprint density at radius 2 is 2.40 bits per heavy atom. The van der Waals surface area contributed by atoms with E-state index in [0.717, 1.165) is 18.7 Å². The maximum Gasteiger partial charge on any atom is 0.217 e. The molecule has 1 rings (SSSR count). The number of nitrogens with zero attached hydrogens (tertiary/aromatic N) is 1. The Hall–Kier alpha value is -0.740. The third-order valence-electron chi connectivity index (χ3n) is 2.19. The second-order valence-corrected chi connectivity index (χ2v) is 4.63. The van der Waals surface area contributed by atoms with Crippen LogP contribution >= 0.6 is 11.8 Å². The molecule has 3 nitrogen and oxygen atoms in total. The highest BCUT2D eigenvalue weighted by atomic mass is 32.2. The number of hydrogen-bond acceptors (Lipinski definition) is 4. The molecule has 0 saturated carbocycles. The predicted molar refractivity (Wildman–Crippen MR) is 65.5 cm³/mol. The first-order chi connectivity index (χ1) is 7.27. The number of hydrogen-bond donors (Lipinski definition) is 1. The zero-order valence-electron chi connectivity index (χ0n) is 9.49. The van der Waals surface area contributed by atoms with Crippen LogP contribution in [0.4, 0.5) is 0 Å². The predicted octanol–water partition coefficient (Wildman–Crippen LogP) is 1.93. The molecule has 1 aromatic heterocycles. The molecule has 0 radical (unpaired) electrons. The van der Waals surface area contributed by atoms with Crippen molar-refractivity contribution in [1.29, 1.82) is 0 Å². The summed E-state index contributed by atoms with van der Waals surface area (Å²) in [6, 6.07) is 3.96. The Balaban J connectivity index is 2.43. The van der Waals surface area contributed by atoms with Crippen molar-refractivity contribution in [1.82, 2.24) is 10.3 Å². The highest BCUT2D eigenvalue weighted by Crippen LogP contribution is 2.13. The first kappa shape index (κ1) is 12.3. The van der Waals surface area contributed by atoms with Gasteiger partial charge in [0, 0.05) is 30.1 Å². The van der Waals surface area contributed by atoms with Gasteiger partial charge in [0.05, 0.1) is 7.11 Å². The van der Waals surface area contributed by atoms with E-state index in [2.05, 4.69) is 23.5 Å². The van der Waals surface area contributed by atoms with E-state index in [1.54, 1.807) is 13.3 Å². The van der Waals surface area contributed by atoms with Gasteiger partial charge in [0.1, 0.15) is 0 Å². The number of pyridine rings is 1. The summed E-state index contributed by atoms with van der Waals surface area (Å²) in [4.78, 5) is 4.15. The lowest BCUT2D eigenvalue weighted by Gasteiger charge is -2.11. The molecule has 4 heteroatoms. The molecular formula is C11H18N2OS. The minimum Gasteiger partial charge on any atom is -0.481 e. The summed E-state index contributed by atoms with van der Waals surface area (Å²) in [5.74, 6) is 0.710. The van der Waals surface area contributed by atoms with Gasteiger partial charge >= 0.3 is 0 Å². The number of methoxy groups -OCH3 is 1. The van der Waals surface area contributed by atoms with Crippen molar-refractivity contribution in [3.8, 4) is 5.88 Å². The quantitative estimate of drug-likeness (QED) is 0.803. The molecule has 1 unspecified atom stereocenters. The van der Waals surface area contributed by atoms with E-state index in [1.807, 2.05) is 23.9 Å². The van der Waals surface area contributed by atoms with Crippen molar-refractivity contribution >= 4 is 11.8 Å². The van der Waals surface area contributed by atoms with E-state index >= 15 is 0 Å². The zero-order valence-corrected chi connectivity index (χ0v) is 10.3. The maximum atomic E-state index is 5.17. The fourth-order valence-electron chi connectivity index (χ4n) is 1.24. The summed E-state index contributed by atoms with van der Waals surface area (Å²) >= 11 is 1.86. The molecule has 0 fully saturated rings. The van der Waals surface area contributed by atoms with Gasteiger partial charge in [-0.1, -0.05) is 13.0 Å². The van der Waals surface area contributed by atoms with Gasteiger partial charge in [0.15, 0.2) is 0 Å². The van der Waals surface area contributed by atoms with Crippen LogP contribution in [0.5, 0.6) is 5.88 Å². The van der Waals surface area contributed by atoms with E-state index in [0.29, 0.717) is 11.1 Å². The SMILES string of the molecule is COc1ncccc1CNCC(C)SC. The normalized spacial score (nSPS) is 12.5. The van der Waals surface area contributed by atoms with Gasteiger partial charge in [-0.15, -0.1) is 0 Å². The molecule has 0 aliphatic rings. The van der Waals surface area contributed by atoms with E-state index < -0.39 is 0 Å². The lowest BCUT2D eigenvalue weighted by molar-refractivity contribution is 0.390. The molecule has 0 aliphatic carbocycles. The Kier molecular flexibility index (Phi) is 5.50. The second kappa shape index (κ2) is 6.69. The van der Waals surface area contributed by atoms with Crippen molar-refractivity contribution in [3.05, 3.63) is 23.9 Å². The van der Waals surface area contributed by atoms with Gasteiger partial charge in [0.2, 0.25) is 5.88 Å². The van der Waals surface area contributed by atoms with Crippen LogP contribution in [0.2, 0.25) is 0 Å². The van der Waals surface area contributed by atoms with E-state index in [9.17, 15) is 0 Å². The summed E-state index contributed by atoms with van der Waals surface area (Å²) in [7, 11) is 1.65. The smallest absolute Gasteiger partial charge is 0.217 e. The highest BCUT2D eigenvalue weighted by molar-refractivity contribution is 7.99. The Labute approximate surface area is 95.6 Å². The summed E-state index contributed by atoms with van der Waals surface area (Å²) in [5.41, 5.74) is 1.10. The third-order valence-corrected chi connectivity index (χ3v) is 3.16. The van der Waals surface area contributed by atoms with E-state index in [1.165, 1.54) is 0 Å². The standard InChI is InChI=1S/C11H18N2OS/c1-9(15-3)7-12-8-10-5-4-6-13-11(10)14-2/h4-6,9,12H,7-8H2,1-3H3. The van der Waals surface area contributed by atoms with E-state index in [-0.39, 0.29) is 0 Å². The lowest BCUT2D eigenvalue weighted by atomic mass is 10.2. The average molecular weight is 226 g/mol. The Morgan fingerprint density at radius 1 is 1.60 bits per heavy atom. The van der Waals surface area contributed by atoms with Crippen molar-refractivity contribution in [2.24, 2.45) is 0 Å². The van der Waals surface area contributed by atoms with Gasteiger partial charge in [-0.25, -0.2) is 4.98 Å². The van der Waals surface area contributed by atoms with Crippen molar-refractivity contribution < 1.29 is 4.74 Å². The van der Waals surface area contributed by atoms with Gasteiger partial charge in [-0.05, 0) is 12.3 Å². The number of rotatable bonds is 6. The van der Waals surface area contributed by atoms with E-state index in [4.69, 9.17) is 4.74 Å². The fourth-order valence-corrected chi connectivity index (χ4v) is 1.52. The topological polar surface area (TPSA) is 34.1 Å². The minimum atomic E-state index is 0.632. The maximum absolute atomic E-state index is 5.17. The molecule has 0 spiro atoms. The number of nitrogens with one attached hydrogen (secondary N) is 1. The minimum absolute atomic E-state index is 0.632. The lowest BCUT2D eigenvalue weighted by Crippen LogP contribution is -2.22. The zero-order chi connectivity index (χ0) is 11.1. The number of thioether (sulfide) groups is 1. The summed E-state index contributed by atoms with van der Waals surface area (Å²) in [6.45, 7) is 4.01. The number of ether oxygens (including phenoxy) is 1. The van der Waals surface area contributed by atoms with Crippen LogP contribution < -0.4 is 10.1 Å². The molecular weight excluding hydrogens is 208 g/mol. The molecule has 1 atom stereocenters. The van der Waals surface area contributed by atoms with Crippen molar-refractivity contribution in [2.75, 3.05) is 19.9 Å². The van der Waals surface area contributed by atoms with Crippen LogP contribution in [0.1, 0.15) is 12.5 Å². The summed E-state index contributed by atoms with van der Waals surface area (Å²) in [5, 5.41) is 4.02. The summed E-state index contributed by atoms with van der Waals surface area (Å²) < 4.78 is 5.17. The highest BCUT2D eigenvalue weighted by Gasteiger charge is 2.03. The monoisotopic (exact) mass is 226 g/mol. The molecule has 0 saturated heterocycles. The van der Waals surface area contributed by atoms with Crippen molar-refractivity contribution in [3.63, 3.8) is 0 Å².